The second-order valence-corrected chi connectivity index (χ2v) is 6.73. The number of hydrogen-bond acceptors (Lipinski definition) is 4. The predicted octanol–water partition coefficient (Wildman–Crippen LogP) is 3.27. The van der Waals surface area contributed by atoms with Crippen molar-refractivity contribution in [3.63, 3.8) is 0 Å². The van der Waals surface area contributed by atoms with Gasteiger partial charge in [-0.1, -0.05) is 25.1 Å². The number of aromatic nitrogens is 1. The number of aliphatic imine (C=N–C) groups is 1. The van der Waals surface area contributed by atoms with Gasteiger partial charge in [0.1, 0.15) is 5.75 Å². The highest BCUT2D eigenvalue weighted by Gasteiger charge is 2.02. The Balaban J connectivity index is 1.66. The molecule has 2 rings (SSSR count). The largest absolute Gasteiger partial charge is 0.494 e. The minimum atomic E-state index is 0.672. The number of benzene rings is 1. The van der Waals surface area contributed by atoms with Crippen LogP contribution in [0.3, 0.4) is 0 Å². The van der Waals surface area contributed by atoms with E-state index in [1.165, 1.54) is 9.88 Å². The topological polar surface area (TPSA) is 58.5 Å². The summed E-state index contributed by atoms with van der Waals surface area (Å²) in [6, 6.07) is 9.88. The lowest BCUT2D eigenvalue weighted by atomic mass is 10.3. The van der Waals surface area contributed by atoms with Gasteiger partial charge in [-0.15, -0.1) is 11.3 Å². The van der Waals surface area contributed by atoms with E-state index in [-0.39, 0.29) is 0 Å². The van der Waals surface area contributed by atoms with Gasteiger partial charge in [0, 0.05) is 43.5 Å². The molecule has 136 valence electrons. The minimum Gasteiger partial charge on any atom is -0.494 e. The number of nitrogens with one attached hydrogen (secondary N) is 2. The Kier molecular flexibility index (Phi) is 8.83. The fourth-order valence-corrected chi connectivity index (χ4v) is 3.08. The molecule has 0 saturated heterocycles. The number of aryl methyl sites for hydroxylation is 1. The monoisotopic (exact) mass is 360 g/mol. The van der Waals surface area contributed by atoms with Crippen LogP contribution in [0, 0.1) is 0 Å². The van der Waals surface area contributed by atoms with Crippen molar-refractivity contribution in [3.05, 3.63) is 46.4 Å². The Morgan fingerprint density at radius 2 is 2.04 bits per heavy atom. The summed E-state index contributed by atoms with van der Waals surface area (Å²) in [7, 11) is 0. The maximum Gasteiger partial charge on any atom is 0.191 e. The molecular formula is C19H28N4OS. The van der Waals surface area contributed by atoms with Crippen molar-refractivity contribution in [2.24, 2.45) is 4.99 Å². The summed E-state index contributed by atoms with van der Waals surface area (Å²) in [5, 5.41) is 7.82. The second-order valence-electron chi connectivity index (χ2n) is 5.53. The van der Waals surface area contributed by atoms with Gasteiger partial charge in [0.25, 0.3) is 0 Å². The molecule has 0 atom stereocenters. The summed E-state index contributed by atoms with van der Waals surface area (Å²) in [4.78, 5) is 10.4. The Morgan fingerprint density at radius 1 is 1.20 bits per heavy atom. The lowest BCUT2D eigenvalue weighted by Gasteiger charge is -2.10. The summed E-state index contributed by atoms with van der Waals surface area (Å²) >= 11 is 1.79. The number of para-hydroxylation sites is 1. The summed E-state index contributed by atoms with van der Waals surface area (Å²) in [6.07, 6.45) is 4.84. The molecule has 25 heavy (non-hydrogen) atoms. The zero-order chi connectivity index (χ0) is 17.7. The lowest BCUT2D eigenvalue weighted by molar-refractivity contribution is 0.313. The van der Waals surface area contributed by atoms with E-state index in [9.17, 15) is 0 Å². The first-order valence-electron chi connectivity index (χ1n) is 8.95. The Labute approximate surface area is 154 Å². The van der Waals surface area contributed by atoms with E-state index >= 15 is 0 Å². The first-order valence-corrected chi connectivity index (χ1v) is 9.77. The zero-order valence-electron chi connectivity index (χ0n) is 15.1. The van der Waals surface area contributed by atoms with Crippen molar-refractivity contribution in [1.29, 1.82) is 0 Å². The van der Waals surface area contributed by atoms with Gasteiger partial charge in [0.2, 0.25) is 0 Å². The summed E-state index contributed by atoms with van der Waals surface area (Å²) in [5.74, 6) is 1.76. The molecule has 0 fully saturated rings. The highest BCUT2D eigenvalue weighted by molar-refractivity contribution is 7.11. The number of rotatable bonds is 10. The second kappa shape index (κ2) is 11.5. The van der Waals surface area contributed by atoms with Crippen molar-refractivity contribution in [2.45, 2.75) is 33.1 Å². The van der Waals surface area contributed by atoms with Crippen LogP contribution in [0.2, 0.25) is 0 Å². The fraction of sp³-hybridized carbons (Fsp3) is 0.474. The van der Waals surface area contributed by atoms with Crippen LogP contribution in [0.5, 0.6) is 5.75 Å². The summed E-state index contributed by atoms with van der Waals surface area (Å²) < 4.78 is 5.68. The van der Waals surface area contributed by atoms with Gasteiger partial charge < -0.3 is 15.4 Å². The minimum absolute atomic E-state index is 0.672. The molecule has 6 heteroatoms. The van der Waals surface area contributed by atoms with Crippen molar-refractivity contribution in [2.75, 3.05) is 26.2 Å². The average Bonchev–Trinajstić information content (AvgIpc) is 3.10. The smallest absolute Gasteiger partial charge is 0.191 e. The van der Waals surface area contributed by atoms with E-state index in [2.05, 4.69) is 34.5 Å². The molecule has 2 N–H and O–H groups in total. The van der Waals surface area contributed by atoms with E-state index < -0.39 is 0 Å². The first kappa shape index (κ1) is 19.2. The highest BCUT2D eigenvalue weighted by atomic mass is 32.1. The quantitative estimate of drug-likeness (QED) is 0.388. The third-order valence-corrected chi connectivity index (χ3v) is 4.71. The van der Waals surface area contributed by atoms with Gasteiger partial charge >= 0.3 is 0 Å². The van der Waals surface area contributed by atoms with E-state index in [0.717, 1.165) is 50.6 Å². The molecule has 0 bridgehead atoms. The molecule has 0 unspecified atom stereocenters. The van der Waals surface area contributed by atoms with Crippen LogP contribution in [-0.4, -0.2) is 37.2 Å². The van der Waals surface area contributed by atoms with Crippen LogP contribution in [0.1, 0.15) is 30.2 Å². The molecule has 5 nitrogen and oxygen atoms in total. The van der Waals surface area contributed by atoms with E-state index in [0.29, 0.717) is 6.61 Å². The molecule has 0 saturated carbocycles. The van der Waals surface area contributed by atoms with Gasteiger partial charge in [0.15, 0.2) is 5.96 Å². The first-order chi connectivity index (χ1) is 12.3. The molecule has 1 aromatic heterocycles. The zero-order valence-corrected chi connectivity index (χ0v) is 15.9. The number of guanidine groups is 1. The molecule has 0 aliphatic carbocycles. The van der Waals surface area contributed by atoms with E-state index in [1.54, 1.807) is 11.3 Å². The standard InChI is InChI=1S/C19H28N4OS/c1-3-17-15-23-18(25-17)11-13-22-19(20-4-2)21-12-8-14-24-16-9-6-5-7-10-16/h5-7,9-10,15H,3-4,8,11-14H2,1-2H3,(H2,20,21,22). The molecule has 0 radical (unpaired) electrons. The third kappa shape index (κ3) is 7.56. The number of thiazole rings is 1. The van der Waals surface area contributed by atoms with Gasteiger partial charge in [0.05, 0.1) is 11.6 Å². The third-order valence-electron chi connectivity index (χ3n) is 3.51. The van der Waals surface area contributed by atoms with Gasteiger partial charge in [-0.05, 0) is 25.5 Å². The number of nitrogens with zero attached hydrogens (tertiary/aromatic N) is 2. The average molecular weight is 361 g/mol. The molecular weight excluding hydrogens is 332 g/mol. The van der Waals surface area contributed by atoms with Gasteiger partial charge in [-0.2, -0.15) is 0 Å². The Morgan fingerprint density at radius 3 is 2.76 bits per heavy atom. The molecule has 0 spiro atoms. The molecule has 0 amide bonds. The summed E-state index contributed by atoms with van der Waals surface area (Å²) in [6.45, 7) is 7.33. The highest BCUT2D eigenvalue weighted by Crippen LogP contribution is 2.13. The van der Waals surface area contributed by atoms with E-state index in [4.69, 9.17) is 4.74 Å². The van der Waals surface area contributed by atoms with Crippen LogP contribution in [0.4, 0.5) is 0 Å². The normalized spacial score (nSPS) is 11.4. The van der Waals surface area contributed by atoms with Crippen LogP contribution in [-0.2, 0) is 12.8 Å². The molecule has 1 heterocycles. The molecule has 0 aliphatic rings. The van der Waals surface area contributed by atoms with Crippen molar-refractivity contribution in [3.8, 4) is 5.75 Å². The SMILES string of the molecule is CCNC(=NCCCOc1ccccc1)NCCc1ncc(CC)s1. The van der Waals surface area contributed by atoms with Crippen LogP contribution in [0.15, 0.2) is 41.5 Å². The van der Waals surface area contributed by atoms with E-state index in [1.807, 2.05) is 36.5 Å². The number of hydrogen-bond donors (Lipinski definition) is 2. The maximum atomic E-state index is 5.68. The van der Waals surface area contributed by atoms with Crippen LogP contribution >= 0.6 is 11.3 Å². The van der Waals surface area contributed by atoms with Crippen LogP contribution < -0.4 is 15.4 Å². The van der Waals surface area contributed by atoms with Gasteiger partial charge in [-0.3, -0.25) is 4.99 Å². The lowest BCUT2D eigenvalue weighted by Crippen LogP contribution is -2.38. The van der Waals surface area contributed by atoms with Crippen molar-refractivity contribution < 1.29 is 4.74 Å². The van der Waals surface area contributed by atoms with Crippen LogP contribution in [0.25, 0.3) is 0 Å². The molecule has 0 aliphatic heterocycles. The molecule has 2 aromatic rings. The Hall–Kier alpha value is -2.08. The fourth-order valence-electron chi connectivity index (χ4n) is 2.22. The predicted molar refractivity (Wildman–Crippen MR) is 106 cm³/mol. The van der Waals surface area contributed by atoms with Crippen molar-refractivity contribution >= 4 is 17.3 Å². The maximum absolute atomic E-state index is 5.68. The summed E-state index contributed by atoms with van der Waals surface area (Å²) in [5.41, 5.74) is 0. The van der Waals surface area contributed by atoms with Gasteiger partial charge in [-0.25, -0.2) is 4.98 Å². The Bertz CT molecular complexity index is 627. The molecule has 1 aromatic carbocycles. The number of ether oxygens (including phenoxy) is 1. The van der Waals surface area contributed by atoms with Crippen molar-refractivity contribution in [1.82, 2.24) is 15.6 Å².